The number of nitrogens with zero attached hydrogens (tertiary/aromatic N) is 2. The first kappa shape index (κ1) is 36.3. The van der Waals surface area contributed by atoms with Crippen LogP contribution >= 0.6 is 11.3 Å². The number of allylic oxidation sites excluding steroid dienone is 2. The average molecular weight is 723 g/mol. The third-order valence-corrected chi connectivity index (χ3v) is 25.2. The monoisotopic (exact) mass is 724 g/mol. The molecular weight excluding hydrogens is 672 g/mol. The van der Waals surface area contributed by atoms with E-state index in [4.69, 9.17) is 0 Å². The molecule has 0 aliphatic carbocycles. The van der Waals surface area contributed by atoms with E-state index < -0.39 is 25.8 Å². The van der Waals surface area contributed by atoms with Gasteiger partial charge in [0.2, 0.25) is 0 Å². The summed E-state index contributed by atoms with van der Waals surface area (Å²) in [5, 5.41) is 0. The third kappa shape index (κ3) is 9.42. The Kier molecular flexibility index (Phi) is 14.9. The van der Waals surface area contributed by atoms with Crippen molar-refractivity contribution < 1.29 is 8.63 Å². The summed E-state index contributed by atoms with van der Waals surface area (Å²) in [5.41, 5.74) is 4.79. The molecule has 0 radical (unpaired) electrons. The van der Waals surface area contributed by atoms with E-state index in [0.29, 0.717) is 11.4 Å². The zero-order chi connectivity index (χ0) is 32.1. The summed E-state index contributed by atoms with van der Waals surface area (Å²) in [6.45, 7) is 14.9. The van der Waals surface area contributed by atoms with Crippen molar-refractivity contribution in [3.63, 3.8) is 0 Å². The molecule has 0 N–H and O–H groups in total. The van der Waals surface area contributed by atoms with Gasteiger partial charge in [-0.2, -0.15) is 0 Å². The number of halogens is 2. The van der Waals surface area contributed by atoms with Crippen molar-refractivity contribution >= 4 is 64.6 Å². The molecule has 0 spiro atoms. The molecule has 4 rings (SSSR count). The van der Waals surface area contributed by atoms with E-state index >= 15 is 0 Å². The van der Waals surface area contributed by atoms with Crippen molar-refractivity contribution in [2.75, 3.05) is 0 Å². The third-order valence-electron chi connectivity index (χ3n) is 8.44. The number of hydrogen-bond acceptors (Lipinski definition) is 2. The molecule has 1 aliphatic rings. The number of rotatable bonds is 15. The summed E-state index contributed by atoms with van der Waals surface area (Å²) in [6, 6.07) is 17.3. The Labute approximate surface area is 274 Å². The van der Waals surface area contributed by atoms with E-state index in [1.54, 1.807) is 39.2 Å². The standard InChI is InChI=1S/C23H18BF2N2S.3C4H9.C2H6.Sn/c1-16-14-17(2)27-22(16)15-20-9-8-19(28(20)24(25)26)10-11-21-12-13-23(29-21)18-6-4-3-5-7-18;3*1-3-4-2;1-2;/h4-15H,1-2H3;3*1,3-4H2,2H3;1-2H3;/b11-10+,22-15-;;;;;. The molecule has 0 saturated carbocycles. The second-order valence-electron chi connectivity index (χ2n) is 11.6. The predicted molar refractivity (Wildman–Crippen MR) is 197 cm³/mol. The Morgan fingerprint density at radius 2 is 1.39 bits per heavy atom. The Bertz CT molecular complexity index is 1420. The maximum absolute atomic E-state index is 14.1. The Morgan fingerprint density at radius 1 is 0.795 bits per heavy atom. The van der Waals surface area contributed by atoms with Crippen LogP contribution in [-0.4, -0.2) is 36.0 Å². The van der Waals surface area contributed by atoms with Gasteiger partial charge < -0.3 is 0 Å². The van der Waals surface area contributed by atoms with Crippen LogP contribution in [0.2, 0.25) is 13.3 Å². The molecule has 0 fully saturated rings. The summed E-state index contributed by atoms with van der Waals surface area (Å²) in [6.07, 6.45) is 15.4. The van der Waals surface area contributed by atoms with Crippen LogP contribution in [0.3, 0.4) is 0 Å². The van der Waals surface area contributed by atoms with E-state index in [2.05, 4.69) is 62.2 Å². The van der Waals surface area contributed by atoms with Gasteiger partial charge in [-0.05, 0) is 31.6 Å². The summed E-state index contributed by atoms with van der Waals surface area (Å²) in [4.78, 5) is 6.73. The van der Waals surface area contributed by atoms with Crippen LogP contribution in [-0.2, 0) is 0 Å². The predicted octanol–water partition coefficient (Wildman–Crippen LogP) is 12.0. The molecule has 3 aromatic rings. The van der Waals surface area contributed by atoms with Crippen molar-refractivity contribution in [2.45, 2.75) is 100 Å². The second kappa shape index (κ2) is 18.1. The molecule has 236 valence electrons. The van der Waals surface area contributed by atoms with Gasteiger partial charge in [0.25, 0.3) is 0 Å². The first-order valence-electron chi connectivity index (χ1n) is 16.6. The fourth-order valence-electron chi connectivity index (χ4n) is 6.05. The minimum atomic E-state index is -2.64. The van der Waals surface area contributed by atoms with Gasteiger partial charge in [0.05, 0.1) is 5.70 Å². The van der Waals surface area contributed by atoms with Crippen LogP contribution < -0.4 is 3.58 Å². The van der Waals surface area contributed by atoms with Gasteiger partial charge in [-0.3, -0.25) is 13.6 Å². The number of aliphatic imine (C=N–C) groups is 1. The number of hydrogen-bond donors (Lipinski definition) is 0. The Hall–Kier alpha value is -2.19. The molecule has 1 aliphatic heterocycles. The normalized spacial score (nSPS) is 14.2. The molecule has 0 atom stereocenters. The number of thiophene rings is 1. The fourth-order valence-corrected chi connectivity index (χ4v) is 22.9. The zero-order valence-electron chi connectivity index (χ0n) is 27.9. The van der Waals surface area contributed by atoms with Gasteiger partial charge in [-0.15, -0.1) is 0 Å². The summed E-state index contributed by atoms with van der Waals surface area (Å²) < 4.78 is 35.4. The molecule has 0 amide bonds. The van der Waals surface area contributed by atoms with E-state index in [1.165, 1.54) is 62.3 Å². The molecule has 0 unspecified atom stereocenters. The Balaban J connectivity index is 0.00000259. The summed E-state index contributed by atoms with van der Waals surface area (Å²) >= 11 is -0.736. The summed E-state index contributed by atoms with van der Waals surface area (Å²) in [7, 11) is -2.64. The van der Waals surface area contributed by atoms with Crippen molar-refractivity contribution in [1.29, 1.82) is 0 Å². The van der Waals surface area contributed by atoms with Gasteiger partial charge in [0.1, 0.15) is 0 Å². The number of unbranched alkanes of at least 4 members (excludes halogenated alkanes) is 3. The molecule has 3 heterocycles. The molecule has 7 heteroatoms. The number of benzene rings is 1. The van der Waals surface area contributed by atoms with E-state index in [9.17, 15) is 8.63 Å². The van der Waals surface area contributed by atoms with E-state index in [-0.39, 0.29) is 0 Å². The van der Waals surface area contributed by atoms with Crippen molar-refractivity contribution in [2.24, 2.45) is 4.99 Å². The van der Waals surface area contributed by atoms with Gasteiger partial charge in [-0.25, -0.2) is 0 Å². The quantitative estimate of drug-likeness (QED) is 0.139. The molecule has 0 saturated heterocycles. The minimum absolute atomic E-state index is 0.455. The van der Waals surface area contributed by atoms with Crippen molar-refractivity contribution in [3.8, 4) is 10.4 Å². The molecule has 44 heavy (non-hydrogen) atoms. The Morgan fingerprint density at radius 3 is 1.91 bits per heavy atom. The SMILES string of the molecule is CC.CCC[CH2][Sn]([CH2]CCC)([CH2]CCC)[c]1ccc(-c2ccc(/C=C/c3ccc(/C=C4\N=C(C)C=C4C)n3B(F)F)s2)cc1. The molecule has 2 aromatic heterocycles. The average Bonchev–Trinajstić information content (AvgIpc) is 3.75. The van der Waals surface area contributed by atoms with E-state index in [0.717, 1.165) is 26.3 Å². The first-order valence-corrected chi connectivity index (χ1v) is 24.9. The fraction of sp³-hybridized carbons (Fsp3) is 0.432. The maximum atomic E-state index is 14.1. The van der Waals surface area contributed by atoms with Gasteiger partial charge in [-0.1, -0.05) is 13.8 Å². The van der Waals surface area contributed by atoms with Gasteiger partial charge in [0, 0.05) is 5.71 Å². The second-order valence-corrected chi connectivity index (χ2v) is 26.0. The van der Waals surface area contributed by atoms with Gasteiger partial charge >= 0.3 is 205 Å². The molecule has 2 nitrogen and oxygen atoms in total. The zero-order valence-corrected chi connectivity index (χ0v) is 31.6. The van der Waals surface area contributed by atoms with E-state index in [1.807, 2.05) is 39.8 Å². The van der Waals surface area contributed by atoms with Crippen LogP contribution in [0.15, 0.2) is 70.9 Å². The molecule has 0 bridgehead atoms. The van der Waals surface area contributed by atoms with Crippen LogP contribution in [0.4, 0.5) is 8.63 Å². The first-order chi connectivity index (χ1) is 21.3. The van der Waals surface area contributed by atoms with Crippen molar-refractivity contribution in [1.82, 2.24) is 4.48 Å². The van der Waals surface area contributed by atoms with Crippen LogP contribution in [0.25, 0.3) is 28.7 Å². The molecular formula is C37H51BF2N2SSn. The van der Waals surface area contributed by atoms with Crippen LogP contribution in [0, 0.1) is 0 Å². The van der Waals surface area contributed by atoms with Crippen LogP contribution in [0.1, 0.15) is 103 Å². The summed E-state index contributed by atoms with van der Waals surface area (Å²) in [5.74, 6) is 0. The number of aromatic nitrogens is 1. The molecule has 1 aromatic carbocycles. The topological polar surface area (TPSA) is 17.3 Å². The van der Waals surface area contributed by atoms with Crippen LogP contribution in [0.5, 0.6) is 0 Å². The van der Waals surface area contributed by atoms with Crippen molar-refractivity contribution in [3.05, 3.63) is 82.1 Å². The van der Waals surface area contributed by atoms with Gasteiger partial charge in [0.15, 0.2) is 0 Å².